The van der Waals surface area contributed by atoms with E-state index in [2.05, 4.69) is 134 Å². The van der Waals surface area contributed by atoms with E-state index in [9.17, 15) is 9.59 Å². The molecule has 76 heavy (non-hydrogen) atoms. The van der Waals surface area contributed by atoms with Gasteiger partial charge in [0.25, 0.3) is 0 Å². The van der Waals surface area contributed by atoms with Crippen LogP contribution >= 0.6 is 23.5 Å². The van der Waals surface area contributed by atoms with Crippen LogP contribution in [0.2, 0.25) is 0 Å². The van der Waals surface area contributed by atoms with E-state index in [0.717, 1.165) is 115 Å². The van der Waals surface area contributed by atoms with Crippen molar-refractivity contribution >= 4 is 79.5 Å². The van der Waals surface area contributed by atoms with Crippen LogP contribution in [0.1, 0.15) is 152 Å². The Morgan fingerprint density at radius 2 is 0.947 bits per heavy atom. The third kappa shape index (κ3) is 10.8. The highest BCUT2D eigenvalue weighted by molar-refractivity contribution is 8.04. The van der Waals surface area contributed by atoms with Crippen molar-refractivity contribution in [3.63, 3.8) is 0 Å². The third-order valence-corrected chi connectivity index (χ3v) is 19.2. The largest absolute Gasteiger partial charge is 0.485 e. The van der Waals surface area contributed by atoms with Gasteiger partial charge in [-0.1, -0.05) is 118 Å². The second-order valence-electron chi connectivity index (χ2n) is 22.0. The van der Waals surface area contributed by atoms with Crippen molar-refractivity contribution in [2.24, 2.45) is 0 Å². The fourth-order valence-corrected chi connectivity index (χ4v) is 15.4. The lowest BCUT2D eigenvalue weighted by Crippen LogP contribution is -2.38. The monoisotopic (exact) mass is 1050 g/mol. The number of aromatic nitrogens is 2. The number of benzene rings is 4. The molecule has 9 nitrogen and oxygen atoms in total. The van der Waals surface area contributed by atoms with Gasteiger partial charge in [-0.05, 0) is 74.9 Å². The molecule has 12 rings (SSSR count). The van der Waals surface area contributed by atoms with Crippen LogP contribution in [0.15, 0.2) is 129 Å². The number of aryl methyl sites for hydroxylation is 2. The van der Waals surface area contributed by atoms with Crippen molar-refractivity contribution < 1.29 is 28.2 Å². The van der Waals surface area contributed by atoms with Crippen molar-refractivity contribution in [3.8, 4) is 11.5 Å². The molecule has 2 unspecified atom stereocenters. The van der Waals surface area contributed by atoms with Gasteiger partial charge in [-0.2, -0.15) is 9.13 Å². The molecule has 6 aromatic rings. The summed E-state index contributed by atoms with van der Waals surface area (Å²) in [4.78, 5) is 33.0. The van der Waals surface area contributed by atoms with E-state index >= 15 is 0 Å². The molecule has 0 fully saturated rings. The Kier molecular flexibility index (Phi) is 16.0. The van der Waals surface area contributed by atoms with Gasteiger partial charge in [-0.25, -0.2) is 0 Å². The zero-order chi connectivity index (χ0) is 51.2. The number of carbonyl (C=O) groups excluding carboxylic acids is 2. The molecule has 0 bridgehead atoms. The second kappa shape index (κ2) is 23.9. The number of nitrogens with zero attached hydrogens (tertiary/aromatic N) is 4. The van der Waals surface area contributed by atoms with Crippen molar-refractivity contribution in [3.05, 3.63) is 131 Å². The molecule has 0 radical (unpaired) electrons. The summed E-state index contributed by atoms with van der Waals surface area (Å²) in [5.74, 6) is 2.64. The third-order valence-electron chi connectivity index (χ3n) is 16.8. The lowest BCUT2D eigenvalue weighted by atomic mass is 9.90. The predicted octanol–water partition coefficient (Wildman–Crippen LogP) is 14.6. The van der Waals surface area contributed by atoms with Crippen molar-refractivity contribution in [1.29, 1.82) is 0 Å². The minimum Gasteiger partial charge on any atom is -0.485 e. The van der Waals surface area contributed by atoms with Crippen LogP contribution in [0.5, 0.6) is 11.5 Å². The number of hydrogen-bond acceptors (Lipinski definition) is 8. The number of rotatable bonds is 26. The van der Waals surface area contributed by atoms with Gasteiger partial charge in [0, 0.05) is 121 Å². The summed E-state index contributed by atoms with van der Waals surface area (Å²) in [5.41, 5.74) is 10.4. The highest BCUT2D eigenvalue weighted by Crippen LogP contribution is 2.56. The Hall–Kier alpha value is -5.78. The molecule has 0 saturated heterocycles. The molecule has 2 aromatic heterocycles. The standard InChI is InChI=1S/C65H74N5O4S2/c71-46(25-13-10-20-40-67-42-35-47-60-51(67)28-22-30-53(60)73-55-37-44-69-49-26-15-17-32-57(49)75-64(69)62(47)55)24-12-8-6-4-2-1-3-5-7-9-19-39-66-59(72)34-14-11-21-41-68-43-36-48-61-52(68)29-23-31-54(61)74-56-38-45-70-50-27-16-18-33-58(50)76-65(70)63(48)56/h15-18,22-23,26-33,35-36,42-43,55-56H,1-14,19-21,24-25,34,37-41,44-45H2/q+1/p+1. The van der Waals surface area contributed by atoms with Crippen molar-refractivity contribution in [1.82, 2.24) is 5.32 Å². The van der Waals surface area contributed by atoms with Crippen LogP contribution in [0.3, 0.4) is 0 Å². The maximum atomic E-state index is 12.7. The molecule has 8 heterocycles. The highest BCUT2D eigenvalue weighted by atomic mass is 32.2. The minimum atomic E-state index is 0.0875. The van der Waals surface area contributed by atoms with E-state index in [4.69, 9.17) is 9.47 Å². The van der Waals surface area contributed by atoms with E-state index in [1.807, 2.05) is 23.5 Å². The van der Waals surface area contributed by atoms with Gasteiger partial charge in [-0.15, -0.1) is 0 Å². The lowest BCUT2D eigenvalue weighted by Gasteiger charge is -2.37. The lowest BCUT2D eigenvalue weighted by molar-refractivity contribution is -0.672. The van der Waals surface area contributed by atoms with E-state index in [-0.39, 0.29) is 18.1 Å². The molecule has 0 aliphatic carbocycles. The molecular weight excluding hydrogens is 979 g/mol. The average Bonchev–Trinajstić information content (AvgIpc) is 4.06. The Morgan fingerprint density at radius 3 is 1.46 bits per heavy atom. The number of unbranched alkanes of at least 4 members (excludes halogenated alkanes) is 14. The summed E-state index contributed by atoms with van der Waals surface area (Å²) in [6, 6.07) is 35.2. The molecule has 4 aromatic carbocycles. The van der Waals surface area contributed by atoms with Crippen LogP contribution in [0.4, 0.5) is 11.4 Å². The first kappa shape index (κ1) is 51.0. The SMILES string of the molecule is O=C(CCCCCCCCCCCCCNC(=O)CCCCC[n+]1ccc2c3c(cccc31)OC1CCN3C(=C21)Sc1ccccc13)CCCCC[n+]1ccc2c3c(cccc31)OC1CCN3C(=C21)Sc1ccccc13. The quantitative estimate of drug-likeness (QED) is 0.0425. The molecular formula is C65H75N5O4S2+2. The van der Waals surface area contributed by atoms with Gasteiger partial charge in [0.15, 0.2) is 12.4 Å². The summed E-state index contributed by atoms with van der Waals surface area (Å²) < 4.78 is 18.2. The van der Waals surface area contributed by atoms with Crippen LogP contribution in [-0.2, 0) is 22.7 Å². The molecule has 394 valence electrons. The first-order chi connectivity index (χ1) is 37.6. The Morgan fingerprint density at radius 1 is 0.500 bits per heavy atom. The predicted molar refractivity (Wildman–Crippen MR) is 310 cm³/mol. The number of pyridine rings is 2. The van der Waals surface area contributed by atoms with Gasteiger partial charge < -0.3 is 24.6 Å². The number of anilines is 2. The van der Waals surface area contributed by atoms with Crippen molar-refractivity contribution in [2.45, 2.75) is 176 Å². The van der Waals surface area contributed by atoms with Crippen LogP contribution in [0, 0.1) is 0 Å². The van der Waals surface area contributed by atoms with Crippen LogP contribution in [-0.4, -0.2) is 43.5 Å². The number of ether oxygens (including phenoxy) is 2. The summed E-state index contributed by atoms with van der Waals surface area (Å²) in [5, 5.41) is 8.29. The summed E-state index contributed by atoms with van der Waals surface area (Å²) >= 11 is 3.77. The van der Waals surface area contributed by atoms with Gasteiger partial charge in [0.05, 0.1) is 32.2 Å². The van der Waals surface area contributed by atoms with Crippen molar-refractivity contribution in [2.75, 3.05) is 29.4 Å². The minimum absolute atomic E-state index is 0.0875. The molecule has 1 amide bonds. The van der Waals surface area contributed by atoms with Crippen LogP contribution in [0.25, 0.3) is 33.0 Å². The van der Waals surface area contributed by atoms with E-state index in [1.54, 1.807) is 0 Å². The smallest absolute Gasteiger partial charge is 0.219 e. The number of hydrogen-bond donors (Lipinski definition) is 1. The Labute approximate surface area is 458 Å². The fourth-order valence-electron chi connectivity index (χ4n) is 12.8. The maximum Gasteiger partial charge on any atom is 0.219 e. The van der Waals surface area contributed by atoms with E-state index in [1.165, 1.54) is 133 Å². The number of fused-ring (bicyclic) bond motifs is 10. The maximum absolute atomic E-state index is 12.7. The number of amides is 1. The second-order valence-corrected chi connectivity index (χ2v) is 24.0. The topological polar surface area (TPSA) is 78.9 Å². The number of thioether (sulfide) groups is 2. The molecule has 2 atom stereocenters. The van der Waals surface area contributed by atoms with Gasteiger partial charge in [0.2, 0.25) is 16.9 Å². The van der Waals surface area contributed by atoms with Gasteiger partial charge >= 0.3 is 0 Å². The first-order valence-corrected chi connectivity index (χ1v) is 30.8. The number of nitrogens with one attached hydrogen (secondary N) is 1. The van der Waals surface area contributed by atoms with Crippen LogP contribution < -0.4 is 33.7 Å². The van der Waals surface area contributed by atoms with Gasteiger partial charge in [-0.3, -0.25) is 9.59 Å². The Balaban J connectivity index is 0.469. The van der Waals surface area contributed by atoms with Gasteiger partial charge in [0.1, 0.15) is 42.6 Å². The zero-order valence-corrected chi connectivity index (χ0v) is 46.0. The molecule has 6 aliphatic rings. The average molecular weight is 1050 g/mol. The summed E-state index contributed by atoms with van der Waals surface area (Å²) in [7, 11) is 0. The normalized spacial score (nSPS) is 17.5. The molecule has 0 spiro atoms. The zero-order valence-electron chi connectivity index (χ0n) is 44.4. The summed E-state index contributed by atoms with van der Waals surface area (Å²) in [6.45, 7) is 4.62. The fraction of sp³-hybridized carbons (Fsp3) is 0.446. The molecule has 6 aliphatic heterocycles. The first-order valence-electron chi connectivity index (χ1n) is 29.2. The van der Waals surface area contributed by atoms with E-state index in [0.29, 0.717) is 18.6 Å². The molecule has 1 N–H and O–H groups in total. The molecule has 11 heteroatoms. The number of Topliss-reactive ketones (excluding diaryl/α,β-unsaturated/α-hetero) is 1. The summed E-state index contributed by atoms with van der Waals surface area (Å²) in [6.07, 6.45) is 28.2. The molecule has 0 saturated carbocycles. The van der Waals surface area contributed by atoms with E-state index < -0.39 is 0 Å². The highest BCUT2D eigenvalue weighted by Gasteiger charge is 2.42. The number of carbonyl (C=O) groups is 2. The number of ketones is 1. The number of para-hydroxylation sites is 2. The Bertz CT molecular complexity index is 2980.